The Bertz CT molecular complexity index is 777. The van der Waals surface area contributed by atoms with Gasteiger partial charge < -0.3 is 9.84 Å². The number of aliphatic hydroxyl groups is 1. The number of hydrogen-bond acceptors (Lipinski definition) is 3. The SMILES string of the molecule is CCCCCCCC/C=C\CCCCCCCC(=O)OCCCCCCCCCCCCCCCCCCCCCCCCCCCCCCCCCCCCCCO. The fraction of sp³-hybridized carbons (Fsp3) is 0.946. The quantitative estimate of drug-likeness (QED) is 0.0377. The second-order valence-electron chi connectivity index (χ2n) is 19.0. The van der Waals surface area contributed by atoms with Crippen molar-refractivity contribution >= 4 is 5.97 Å². The molecule has 0 radical (unpaired) electrons. The zero-order chi connectivity index (χ0) is 42.5. The highest BCUT2D eigenvalue weighted by Crippen LogP contribution is 2.18. The molecule has 59 heavy (non-hydrogen) atoms. The van der Waals surface area contributed by atoms with Crippen molar-refractivity contribution in [2.24, 2.45) is 0 Å². The molecule has 0 spiro atoms. The number of allylic oxidation sites excluding steroid dienone is 2. The van der Waals surface area contributed by atoms with E-state index in [9.17, 15) is 4.79 Å². The fourth-order valence-electron chi connectivity index (χ4n) is 8.82. The molecule has 352 valence electrons. The van der Waals surface area contributed by atoms with E-state index in [2.05, 4.69) is 19.1 Å². The monoisotopic (exact) mass is 831 g/mol. The van der Waals surface area contributed by atoms with Gasteiger partial charge in [0.15, 0.2) is 0 Å². The number of ether oxygens (including phenoxy) is 1. The van der Waals surface area contributed by atoms with Crippen LogP contribution in [0.25, 0.3) is 0 Å². The normalized spacial score (nSPS) is 11.7. The first-order valence-corrected chi connectivity index (χ1v) is 27.7. The number of aliphatic hydroxyl groups excluding tert-OH is 1. The van der Waals surface area contributed by atoms with Crippen LogP contribution in [0.3, 0.4) is 0 Å². The highest BCUT2D eigenvalue weighted by atomic mass is 16.5. The molecule has 0 fully saturated rings. The van der Waals surface area contributed by atoms with Crippen LogP contribution >= 0.6 is 0 Å². The average Bonchev–Trinajstić information content (AvgIpc) is 3.24. The van der Waals surface area contributed by atoms with Crippen LogP contribution in [0.2, 0.25) is 0 Å². The summed E-state index contributed by atoms with van der Waals surface area (Å²) >= 11 is 0. The van der Waals surface area contributed by atoms with Gasteiger partial charge in [-0.15, -0.1) is 0 Å². The lowest BCUT2D eigenvalue weighted by Gasteiger charge is -2.06. The molecular formula is C56H110O3. The second-order valence-corrected chi connectivity index (χ2v) is 19.0. The van der Waals surface area contributed by atoms with E-state index >= 15 is 0 Å². The van der Waals surface area contributed by atoms with Gasteiger partial charge in [-0.05, 0) is 44.9 Å². The smallest absolute Gasteiger partial charge is 0.305 e. The maximum absolute atomic E-state index is 12.0. The van der Waals surface area contributed by atoms with Crippen molar-refractivity contribution in [3.05, 3.63) is 12.2 Å². The molecule has 0 unspecified atom stereocenters. The molecule has 0 aliphatic rings. The highest BCUT2D eigenvalue weighted by molar-refractivity contribution is 5.69. The molecule has 0 atom stereocenters. The third kappa shape index (κ3) is 55.2. The lowest BCUT2D eigenvalue weighted by Crippen LogP contribution is -2.05. The summed E-state index contributed by atoms with van der Waals surface area (Å²) < 4.78 is 5.48. The van der Waals surface area contributed by atoms with Crippen LogP contribution in [0.1, 0.15) is 328 Å². The molecule has 0 aromatic carbocycles. The minimum absolute atomic E-state index is 0.0199. The van der Waals surface area contributed by atoms with Crippen LogP contribution in [0, 0.1) is 0 Å². The van der Waals surface area contributed by atoms with Crippen LogP contribution in [-0.2, 0) is 9.53 Å². The fourth-order valence-corrected chi connectivity index (χ4v) is 8.82. The van der Waals surface area contributed by atoms with Gasteiger partial charge in [0, 0.05) is 13.0 Å². The van der Waals surface area contributed by atoms with Gasteiger partial charge in [0.1, 0.15) is 0 Å². The van der Waals surface area contributed by atoms with Crippen LogP contribution in [-0.4, -0.2) is 24.3 Å². The number of rotatable bonds is 53. The molecule has 0 amide bonds. The number of unbranched alkanes of at least 4 members (excludes halogenated alkanes) is 46. The van der Waals surface area contributed by atoms with E-state index in [0.29, 0.717) is 19.6 Å². The lowest BCUT2D eigenvalue weighted by atomic mass is 10.0. The summed E-state index contributed by atoms with van der Waals surface area (Å²) in [6.07, 6.45) is 72.5. The van der Waals surface area contributed by atoms with Crippen LogP contribution < -0.4 is 0 Å². The molecule has 0 aliphatic carbocycles. The highest BCUT2D eigenvalue weighted by Gasteiger charge is 2.03. The van der Waals surface area contributed by atoms with Crippen LogP contribution in [0.15, 0.2) is 12.2 Å². The van der Waals surface area contributed by atoms with Crippen LogP contribution in [0.5, 0.6) is 0 Å². The van der Waals surface area contributed by atoms with Gasteiger partial charge in [-0.25, -0.2) is 0 Å². The van der Waals surface area contributed by atoms with Crippen molar-refractivity contribution in [2.75, 3.05) is 13.2 Å². The molecule has 0 rings (SSSR count). The molecule has 0 heterocycles. The zero-order valence-electron chi connectivity index (χ0n) is 40.7. The van der Waals surface area contributed by atoms with Crippen molar-refractivity contribution in [2.45, 2.75) is 328 Å². The summed E-state index contributed by atoms with van der Waals surface area (Å²) in [5, 5.41) is 8.82. The summed E-state index contributed by atoms with van der Waals surface area (Å²) in [5.41, 5.74) is 0. The molecule has 0 aliphatic heterocycles. The third-order valence-corrected chi connectivity index (χ3v) is 13.0. The standard InChI is InChI=1S/C56H110O3/c1-2-3-4-5-6-7-8-9-32-35-38-41-44-47-50-53-56(58)59-55-52-49-46-43-40-37-34-31-29-27-25-23-21-19-17-15-13-11-10-12-14-16-18-20-22-24-26-28-30-33-36-39-42-45-48-51-54-57/h9,32,57H,2-8,10-31,33-55H2,1H3/b32-9-. The number of esters is 1. The molecule has 3 nitrogen and oxygen atoms in total. The minimum atomic E-state index is 0.0199. The van der Waals surface area contributed by atoms with Gasteiger partial charge >= 0.3 is 5.97 Å². The minimum Gasteiger partial charge on any atom is -0.466 e. The van der Waals surface area contributed by atoms with Crippen molar-refractivity contribution < 1.29 is 14.6 Å². The predicted molar refractivity (Wildman–Crippen MR) is 264 cm³/mol. The summed E-state index contributed by atoms with van der Waals surface area (Å²) in [6.45, 7) is 3.28. The zero-order valence-corrected chi connectivity index (χ0v) is 40.7. The Labute approximate surface area is 372 Å². The van der Waals surface area contributed by atoms with E-state index in [-0.39, 0.29) is 5.97 Å². The first-order valence-electron chi connectivity index (χ1n) is 27.7. The van der Waals surface area contributed by atoms with Gasteiger partial charge in [-0.3, -0.25) is 4.79 Å². The van der Waals surface area contributed by atoms with E-state index in [4.69, 9.17) is 9.84 Å². The topological polar surface area (TPSA) is 46.5 Å². The molecule has 3 heteroatoms. The summed E-state index contributed by atoms with van der Waals surface area (Å²) in [7, 11) is 0. The van der Waals surface area contributed by atoms with Crippen molar-refractivity contribution in [1.82, 2.24) is 0 Å². The Morgan fingerprint density at radius 3 is 0.847 bits per heavy atom. The Morgan fingerprint density at radius 2 is 0.559 bits per heavy atom. The maximum atomic E-state index is 12.0. The number of carbonyl (C=O) groups is 1. The van der Waals surface area contributed by atoms with E-state index < -0.39 is 0 Å². The van der Waals surface area contributed by atoms with Crippen molar-refractivity contribution in [3.63, 3.8) is 0 Å². The summed E-state index contributed by atoms with van der Waals surface area (Å²) in [4.78, 5) is 12.0. The van der Waals surface area contributed by atoms with E-state index in [1.807, 2.05) is 0 Å². The van der Waals surface area contributed by atoms with Crippen molar-refractivity contribution in [3.8, 4) is 0 Å². The second kappa shape index (κ2) is 55.2. The van der Waals surface area contributed by atoms with E-state index in [0.717, 1.165) is 25.7 Å². The Balaban J connectivity index is 3.14. The third-order valence-electron chi connectivity index (χ3n) is 13.0. The van der Waals surface area contributed by atoms with Gasteiger partial charge in [-0.1, -0.05) is 289 Å². The summed E-state index contributed by atoms with van der Waals surface area (Å²) in [5.74, 6) is 0.0199. The largest absolute Gasteiger partial charge is 0.466 e. The lowest BCUT2D eigenvalue weighted by molar-refractivity contribution is -0.143. The number of carbonyl (C=O) groups excluding carboxylic acids is 1. The molecule has 0 saturated heterocycles. The Morgan fingerprint density at radius 1 is 0.322 bits per heavy atom. The predicted octanol–water partition coefficient (Wildman–Crippen LogP) is 19.6. The molecule has 1 N–H and O–H groups in total. The van der Waals surface area contributed by atoms with E-state index in [1.165, 1.54) is 289 Å². The Hall–Kier alpha value is -0.830. The number of hydrogen-bond donors (Lipinski definition) is 1. The first kappa shape index (κ1) is 58.2. The average molecular weight is 831 g/mol. The first-order chi connectivity index (χ1) is 29.3. The molecule has 0 bridgehead atoms. The summed E-state index contributed by atoms with van der Waals surface area (Å²) in [6, 6.07) is 0. The van der Waals surface area contributed by atoms with Crippen molar-refractivity contribution in [1.29, 1.82) is 0 Å². The van der Waals surface area contributed by atoms with Gasteiger partial charge in [-0.2, -0.15) is 0 Å². The Kier molecular flexibility index (Phi) is 54.4. The molecular weight excluding hydrogens is 721 g/mol. The van der Waals surface area contributed by atoms with E-state index in [1.54, 1.807) is 0 Å². The molecule has 0 aromatic rings. The molecule has 0 saturated carbocycles. The van der Waals surface area contributed by atoms with Gasteiger partial charge in [0.05, 0.1) is 6.61 Å². The van der Waals surface area contributed by atoms with Gasteiger partial charge in [0.2, 0.25) is 0 Å². The molecule has 0 aromatic heterocycles. The van der Waals surface area contributed by atoms with Gasteiger partial charge in [0.25, 0.3) is 0 Å². The maximum Gasteiger partial charge on any atom is 0.305 e. The van der Waals surface area contributed by atoms with Crippen LogP contribution in [0.4, 0.5) is 0 Å².